The van der Waals surface area contributed by atoms with E-state index in [4.69, 9.17) is 14.2 Å². The van der Waals surface area contributed by atoms with Crippen molar-refractivity contribution in [1.29, 1.82) is 0 Å². The summed E-state index contributed by atoms with van der Waals surface area (Å²) in [4.78, 5) is 44.3. The number of aromatic nitrogens is 1. The summed E-state index contributed by atoms with van der Waals surface area (Å²) < 4.78 is 72.4. The van der Waals surface area contributed by atoms with Crippen LogP contribution in [0.3, 0.4) is 0 Å². The molecule has 11 nitrogen and oxygen atoms in total. The Morgan fingerprint density at radius 3 is 2.24 bits per heavy atom. The van der Waals surface area contributed by atoms with E-state index in [0.29, 0.717) is 42.0 Å². The summed E-state index contributed by atoms with van der Waals surface area (Å²) in [6, 6.07) is 12.9. The molecule has 3 amide bonds. The monoisotopic (exact) mass is 709 g/mol. The number of nitrogens with one attached hydrogen (secondary N) is 3. The number of benzene rings is 3. The molecule has 1 saturated carbocycles. The van der Waals surface area contributed by atoms with E-state index in [0.717, 1.165) is 37.1 Å². The summed E-state index contributed by atoms with van der Waals surface area (Å²) in [7, 11) is 3.11. The second-order valence-corrected chi connectivity index (χ2v) is 12.4. The average molecular weight is 710 g/mol. The van der Waals surface area contributed by atoms with Crippen LogP contribution in [0.1, 0.15) is 31.2 Å². The van der Waals surface area contributed by atoms with Gasteiger partial charge in [0.2, 0.25) is 17.7 Å². The summed E-state index contributed by atoms with van der Waals surface area (Å²) in [5.74, 6) is -1.25. The third-order valence-corrected chi connectivity index (χ3v) is 8.94. The van der Waals surface area contributed by atoms with E-state index in [9.17, 15) is 27.6 Å². The second kappa shape index (κ2) is 14.4. The average Bonchev–Trinajstić information content (AvgIpc) is 3.92. The van der Waals surface area contributed by atoms with Crippen molar-refractivity contribution in [3.63, 3.8) is 0 Å². The molecule has 4 aromatic rings. The molecule has 0 radical (unpaired) electrons. The zero-order valence-electron chi connectivity index (χ0n) is 27.7. The number of hydrogen-bond donors (Lipinski definition) is 3. The Morgan fingerprint density at radius 1 is 0.902 bits per heavy atom. The molecule has 0 bridgehead atoms. The van der Waals surface area contributed by atoms with E-state index in [1.165, 1.54) is 31.5 Å². The molecular weight excluding hydrogens is 674 g/mol. The predicted octanol–water partition coefficient (Wildman–Crippen LogP) is 6.14. The maximum Gasteiger partial charge on any atom is 0.416 e. The first kappa shape index (κ1) is 35.4. The van der Waals surface area contributed by atoms with Gasteiger partial charge < -0.3 is 30.2 Å². The highest BCUT2D eigenvalue weighted by Gasteiger charge is 2.56. The number of rotatable bonds is 11. The standard InChI is InChI=1S/C36H35F4N5O6/c1-41-32(46)20-45-14-9-24(10-15-45)50-31-19-27-25(18-30(31)49-2)28(8-13-42-27)51-29-7-6-23(17-26(29)37)44-34(48)35(11-12-35)33(47)43-22-5-3-4-21(16-22)36(38,39)40/h3-8,13,16-19,24H,9-12,14-15,20H2,1-2H3,(H,41,46)(H,43,47)(H,44,48). The molecule has 2 fully saturated rings. The van der Waals surface area contributed by atoms with Crippen LogP contribution >= 0.6 is 0 Å². The van der Waals surface area contributed by atoms with Gasteiger partial charge in [0.15, 0.2) is 23.1 Å². The van der Waals surface area contributed by atoms with Gasteiger partial charge in [0.1, 0.15) is 17.3 Å². The van der Waals surface area contributed by atoms with Gasteiger partial charge in [0, 0.05) is 55.2 Å². The minimum absolute atomic E-state index is 0.0394. The lowest BCUT2D eigenvalue weighted by atomic mass is 10.0. The van der Waals surface area contributed by atoms with Crippen molar-refractivity contribution in [2.45, 2.75) is 38.0 Å². The quantitative estimate of drug-likeness (QED) is 0.125. The Labute approximate surface area is 290 Å². The molecule has 0 unspecified atom stereocenters. The number of fused-ring (bicyclic) bond motifs is 1. The van der Waals surface area contributed by atoms with Crippen molar-refractivity contribution in [3.8, 4) is 23.0 Å². The Bertz CT molecular complexity index is 1960. The maximum atomic E-state index is 15.3. The number of ether oxygens (including phenoxy) is 3. The van der Waals surface area contributed by atoms with E-state index in [2.05, 4.69) is 25.8 Å². The smallest absolute Gasteiger partial charge is 0.416 e. The molecule has 1 aromatic heterocycles. The second-order valence-electron chi connectivity index (χ2n) is 12.4. The fraction of sp³-hybridized carbons (Fsp3) is 0.333. The number of pyridine rings is 1. The number of amides is 3. The maximum absolute atomic E-state index is 15.3. The van der Waals surface area contributed by atoms with E-state index in [1.54, 1.807) is 25.2 Å². The number of alkyl halides is 3. The van der Waals surface area contributed by atoms with Gasteiger partial charge >= 0.3 is 6.18 Å². The van der Waals surface area contributed by atoms with Crippen LogP contribution in [0.2, 0.25) is 0 Å². The number of methoxy groups -OCH3 is 1. The molecule has 15 heteroatoms. The number of likely N-dealkylation sites (N-methyl/N-ethyl adjacent to an activating group) is 1. The molecule has 2 heterocycles. The van der Waals surface area contributed by atoms with E-state index in [-0.39, 0.29) is 47.7 Å². The van der Waals surface area contributed by atoms with Gasteiger partial charge in [-0.25, -0.2) is 4.39 Å². The zero-order valence-corrected chi connectivity index (χ0v) is 27.7. The fourth-order valence-electron chi connectivity index (χ4n) is 5.85. The molecule has 0 atom stereocenters. The van der Waals surface area contributed by atoms with E-state index >= 15 is 4.39 Å². The number of anilines is 2. The Kier molecular flexibility index (Phi) is 10.0. The lowest BCUT2D eigenvalue weighted by Crippen LogP contribution is -2.43. The van der Waals surface area contributed by atoms with Crippen molar-refractivity contribution in [2.75, 3.05) is 44.4 Å². The summed E-state index contributed by atoms with van der Waals surface area (Å²) in [6.45, 7) is 1.75. The summed E-state index contributed by atoms with van der Waals surface area (Å²) in [5, 5.41) is 8.10. The van der Waals surface area contributed by atoms with Gasteiger partial charge in [-0.05, 0) is 68.1 Å². The Hall–Kier alpha value is -5.44. The van der Waals surface area contributed by atoms with Crippen molar-refractivity contribution in [1.82, 2.24) is 15.2 Å². The number of carbonyl (C=O) groups is 3. The summed E-state index contributed by atoms with van der Waals surface area (Å²) >= 11 is 0. The highest BCUT2D eigenvalue weighted by Crippen LogP contribution is 2.48. The third-order valence-electron chi connectivity index (χ3n) is 8.94. The molecule has 51 heavy (non-hydrogen) atoms. The lowest BCUT2D eigenvalue weighted by Gasteiger charge is -2.31. The van der Waals surface area contributed by atoms with E-state index in [1.807, 2.05) is 0 Å². The molecular formula is C36H35F4N5O6. The minimum atomic E-state index is -4.60. The van der Waals surface area contributed by atoms with Gasteiger partial charge in [-0.15, -0.1) is 0 Å². The first-order chi connectivity index (χ1) is 24.4. The zero-order chi connectivity index (χ0) is 36.3. The van der Waals surface area contributed by atoms with Gasteiger partial charge in [-0.2, -0.15) is 13.2 Å². The van der Waals surface area contributed by atoms with Gasteiger partial charge in [-0.1, -0.05) is 6.07 Å². The third kappa shape index (κ3) is 7.98. The predicted molar refractivity (Wildman–Crippen MR) is 179 cm³/mol. The SMILES string of the molecule is CNC(=O)CN1CCC(Oc2cc3nccc(Oc4ccc(NC(=O)C5(C(=O)Nc6cccc(C(F)(F)F)c6)CC5)cc4F)c3cc2OC)CC1. The number of likely N-dealkylation sites (tertiary alicyclic amines) is 1. The lowest BCUT2D eigenvalue weighted by molar-refractivity contribution is -0.137. The number of halogens is 4. The van der Waals surface area contributed by atoms with Crippen LogP contribution in [0.5, 0.6) is 23.0 Å². The first-order valence-electron chi connectivity index (χ1n) is 16.2. The van der Waals surface area contributed by atoms with Crippen LogP contribution in [0.4, 0.5) is 28.9 Å². The van der Waals surface area contributed by atoms with Crippen molar-refractivity contribution in [2.24, 2.45) is 5.41 Å². The van der Waals surface area contributed by atoms with Gasteiger partial charge in [-0.3, -0.25) is 24.3 Å². The molecule has 1 aliphatic carbocycles. The normalized spacial score (nSPS) is 15.9. The van der Waals surface area contributed by atoms with Gasteiger partial charge in [0.25, 0.3) is 0 Å². The molecule has 1 saturated heterocycles. The van der Waals surface area contributed by atoms with E-state index < -0.39 is 34.8 Å². The Balaban J connectivity index is 1.11. The van der Waals surface area contributed by atoms with Gasteiger partial charge in [0.05, 0.1) is 24.7 Å². The van der Waals surface area contributed by atoms with Crippen LogP contribution in [0.15, 0.2) is 66.9 Å². The molecule has 6 rings (SSSR count). The fourth-order valence-corrected chi connectivity index (χ4v) is 5.85. The summed E-state index contributed by atoms with van der Waals surface area (Å²) in [6.07, 6.45) is -1.38. The summed E-state index contributed by atoms with van der Waals surface area (Å²) in [5.41, 5.74) is -1.95. The number of nitrogens with zero attached hydrogens (tertiary/aromatic N) is 2. The minimum Gasteiger partial charge on any atom is -0.493 e. The highest BCUT2D eigenvalue weighted by atomic mass is 19.4. The van der Waals surface area contributed by atoms with Crippen molar-refractivity contribution < 1.29 is 46.2 Å². The number of carbonyl (C=O) groups excluding carboxylic acids is 3. The van der Waals surface area contributed by atoms with Crippen LogP contribution in [-0.4, -0.2) is 67.5 Å². The van der Waals surface area contributed by atoms with Crippen LogP contribution in [0, 0.1) is 11.2 Å². The number of piperidine rings is 1. The Morgan fingerprint density at radius 2 is 1.61 bits per heavy atom. The first-order valence-corrected chi connectivity index (χ1v) is 16.2. The molecule has 3 N–H and O–H groups in total. The molecule has 268 valence electrons. The van der Waals surface area contributed by atoms with Crippen molar-refractivity contribution in [3.05, 3.63) is 78.2 Å². The van der Waals surface area contributed by atoms with Crippen LogP contribution < -0.4 is 30.2 Å². The molecule has 3 aromatic carbocycles. The van der Waals surface area contributed by atoms with Crippen LogP contribution in [-0.2, 0) is 20.6 Å². The molecule has 2 aliphatic rings. The molecule has 1 aliphatic heterocycles. The molecule has 0 spiro atoms. The number of hydrogen-bond acceptors (Lipinski definition) is 8. The topological polar surface area (TPSA) is 131 Å². The largest absolute Gasteiger partial charge is 0.493 e. The van der Waals surface area contributed by atoms with Crippen LogP contribution in [0.25, 0.3) is 10.9 Å². The van der Waals surface area contributed by atoms with Crippen molar-refractivity contribution >= 4 is 40.0 Å². The highest BCUT2D eigenvalue weighted by molar-refractivity contribution is 6.17.